The second-order valence-corrected chi connectivity index (χ2v) is 3.99. The Bertz CT molecular complexity index is 466. The first-order chi connectivity index (χ1) is 8.40. The van der Waals surface area contributed by atoms with Crippen molar-refractivity contribution in [2.45, 2.75) is 25.9 Å². The van der Waals surface area contributed by atoms with Crippen molar-refractivity contribution >= 4 is 24.3 Å². The average Bonchev–Trinajstić information content (AvgIpc) is 2.28. The van der Waals surface area contributed by atoms with Gasteiger partial charge in [-0.05, 0) is 30.2 Å². The number of amides is 1. The average molecular weight is 291 g/mol. The monoisotopic (exact) mass is 290 g/mol. The lowest BCUT2D eigenvalue weighted by atomic mass is 10.0. The minimum atomic E-state index is -1.01. The summed E-state index contributed by atoms with van der Waals surface area (Å²) in [4.78, 5) is 21.9. The van der Waals surface area contributed by atoms with Crippen LogP contribution < -0.4 is 11.1 Å². The largest absolute Gasteiger partial charge is 0.481 e. The second kappa shape index (κ2) is 7.70. The number of halogens is 2. The maximum absolute atomic E-state index is 13.1. The molecule has 4 N–H and O–H groups in total. The smallest absolute Gasteiger partial charge is 0.307 e. The van der Waals surface area contributed by atoms with Crippen LogP contribution in [0.5, 0.6) is 0 Å². The molecule has 1 rings (SSSR count). The number of carboxylic acids is 1. The van der Waals surface area contributed by atoms with Gasteiger partial charge in [-0.15, -0.1) is 12.4 Å². The van der Waals surface area contributed by atoms with Gasteiger partial charge in [-0.1, -0.05) is 6.07 Å². The van der Waals surface area contributed by atoms with Gasteiger partial charge in [-0.3, -0.25) is 9.59 Å². The van der Waals surface area contributed by atoms with Crippen molar-refractivity contribution in [1.82, 2.24) is 5.32 Å². The van der Waals surface area contributed by atoms with E-state index in [1.807, 2.05) is 0 Å². The molecule has 0 fully saturated rings. The molecule has 0 aliphatic carbocycles. The maximum Gasteiger partial charge on any atom is 0.307 e. The van der Waals surface area contributed by atoms with Gasteiger partial charge in [-0.25, -0.2) is 4.39 Å². The van der Waals surface area contributed by atoms with E-state index in [4.69, 9.17) is 10.8 Å². The van der Waals surface area contributed by atoms with Gasteiger partial charge < -0.3 is 16.2 Å². The van der Waals surface area contributed by atoms with Crippen LogP contribution in [0.2, 0.25) is 0 Å². The van der Waals surface area contributed by atoms with E-state index in [0.717, 1.165) is 0 Å². The third-order valence-corrected chi connectivity index (χ3v) is 2.38. The van der Waals surface area contributed by atoms with Crippen LogP contribution in [-0.4, -0.2) is 23.0 Å². The van der Waals surface area contributed by atoms with Crippen molar-refractivity contribution in [3.63, 3.8) is 0 Å². The Labute approximate surface area is 116 Å². The Morgan fingerprint density at radius 1 is 1.42 bits per heavy atom. The Morgan fingerprint density at radius 2 is 2.05 bits per heavy atom. The van der Waals surface area contributed by atoms with Gasteiger partial charge in [0.05, 0.1) is 12.5 Å². The highest BCUT2D eigenvalue weighted by atomic mass is 35.5. The van der Waals surface area contributed by atoms with Gasteiger partial charge >= 0.3 is 5.97 Å². The summed E-state index contributed by atoms with van der Waals surface area (Å²) < 4.78 is 13.1. The van der Waals surface area contributed by atoms with Gasteiger partial charge in [-0.2, -0.15) is 0 Å². The fourth-order valence-electron chi connectivity index (χ4n) is 1.44. The van der Waals surface area contributed by atoms with E-state index in [1.165, 1.54) is 25.1 Å². The molecular formula is C12H16ClFN2O3. The summed E-state index contributed by atoms with van der Waals surface area (Å²) in [7, 11) is 0. The zero-order valence-electron chi connectivity index (χ0n) is 10.4. The Balaban J connectivity index is 0.00000324. The van der Waals surface area contributed by atoms with Gasteiger partial charge in [0.1, 0.15) is 5.82 Å². The Morgan fingerprint density at radius 3 is 2.58 bits per heavy atom. The molecule has 0 aliphatic heterocycles. The van der Waals surface area contributed by atoms with E-state index < -0.39 is 17.8 Å². The number of nitrogens with two attached hydrogens (primary N) is 1. The maximum atomic E-state index is 13.1. The number of carbonyl (C=O) groups is 2. The van der Waals surface area contributed by atoms with Crippen molar-refractivity contribution in [2.24, 2.45) is 5.73 Å². The molecule has 0 bridgehead atoms. The number of hydrogen-bond donors (Lipinski definition) is 3. The van der Waals surface area contributed by atoms with Crippen LogP contribution in [0.3, 0.4) is 0 Å². The van der Waals surface area contributed by atoms with E-state index in [1.54, 1.807) is 0 Å². The number of carbonyl (C=O) groups excluding carboxylic acids is 1. The molecule has 0 spiro atoms. The lowest BCUT2D eigenvalue weighted by Gasteiger charge is -2.11. The molecule has 0 aliphatic rings. The molecule has 0 saturated carbocycles. The van der Waals surface area contributed by atoms with E-state index in [-0.39, 0.29) is 31.3 Å². The number of carboxylic acid groups (broad SMARTS) is 1. The SMILES string of the molecule is C[C@H](N)C(=O)NCc1cc(F)ccc1CC(=O)O.Cl. The van der Waals surface area contributed by atoms with Crippen LogP contribution in [0.15, 0.2) is 18.2 Å². The molecule has 1 aromatic rings. The first kappa shape index (κ1) is 17.3. The van der Waals surface area contributed by atoms with Crippen molar-refractivity contribution in [1.29, 1.82) is 0 Å². The number of rotatable bonds is 5. The molecule has 0 saturated heterocycles. The van der Waals surface area contributed by atoms with Crippen molar-refractivity contribution in [3.05, 3.63) is 35.1 Å². The molecule has 1 atom stereocenters. The summed E-state index contributed by atoms with van der Waals surface area (Å²) in [5, 5.41) is 11.2. The Hall–Kier alpha value is -1.66. The third-order valence-electron chi connectivity index (χ3n) is 2.38. The molecule has 0 radical (unpaired) electrons. The molecule has 5 nitrogen and oxygen atoms in total. The molecule has 1 aromatic carbocycles. The third kappa shape index (κ3) is 5.67. The van der Waals surface area contributed by atoms with Gasteiger partial charge in [0.15, 0.2) is 0 Å². The number of aliphatic carboxylic acids is 1. The molecule has 7 heteroatoms. The van der Waals surface area contributed by atoms with Crippen molar-refractivity contribution in [2.75, 3.05) is 0 Å². The molecular weight excluding hydrogens is 275 g/mol. The second-order valence-electron chi connectivity index (χ2n) is 3.99. The number of benzene rings is 1. The number of nitrogens with one attached hydrogen (secondary N) is 1. The lowest BCUT2D eigenvalue weighted by Crippen LogP contribution is -2.38. The lowest BCUT2D eigenvalue weighted by molar-refractivity contribution is -0.136. The predicted octanol–water partition coefficient (Wildman–Crippen LogP) is 0.838. The first-order valence-electron chi connectivity index (χ1n) is 5.42. The van der Waals surface area contributed by atoms with Gasteiger partial charge in [0.2, 0.25) is 5.91 Å². The van der Waals surface area contributed by atoms with Crippen LogP contribution >= 0.6 is 12.4 Å². The van der Waals surface area contributed by atoms with Crippen LogP contribution in [0, 0.1) is 5.82 Å². The van der Waals surface area contributed by atoms with Gasteiger partial charge in [0, 0.05) is 6.54 Å². The summed E-state index contributed by atoms with van der Waals surface area (Å²) in [6.07, 6.45) is -0.219. The highest BCUT2D eigenvalue weighted by molar-refractivity contribution is 5.85. The predicted molar refractivity (Wildman–Crippen MR) is 70.5 cm³/mol. The van der Waals surface area contributed by atoms with E-state index in [0.29, 0.717) is 11.1 Å². The van der Waals surface area contributed by atoms with Crippen LogP contribution in [0.1, 0.15) is 18.1 Å². The summed E-state index contributed by atoms with van der Waals surface area (Å²) in [5.41, 5.74) is 6.27. The van der Waals surface area contributed by atoms with Crippen LogP contribution in [0.4, 0.5) is 4.39 Å². The fraction of sp³-hybridized carbons (Fsp3) is 0.333. The Kier molecular flexibility index (Phi) is 7.03. The minimum absolute atomic E-state index is 0. The highest BCUT2D eigenvalue weighted by Crippen LogP contribution is 2.12. The minimum Gasteiger partial charge on any atom is -0.481 e. The van der Waals surface area contributed by atoms with Crippen molar-refractivity contribution in [3.8, 4) is 0 Å². The summed E-state index contributed by atoms with van der Waals surface area (Å²) in [5.74, 6) is -1.86. The molecule has 0 unspecified atom stereocenters. The van der Waals surface area contributed by atoms with Gasteiger partial charge in [0.25, 0.3) is 0 Å². The zero-order valence-corrected chi connectivity index (χ0v) is 11.2. The van der Waals surface area contributed by atoms with Crippen LogP contribution in [-0.2, 0) is 22.6 Å². The zero-order chi connectivity index (χ0) is 13.7. The van der Waals surface area contributed by atoms with E-state index in [9.17, 15) is 14.0 Å². The van der Waals surface area contributed by atoms with Crippen molar-refractivity contribution < 1.29 is 19.1 Å². The topological polar surface area (TPSA) is 92.4 Å². The quantitative estimate of drug-likeness (QED) is 0.749. The highest BCUT2D eigenvalue weighted by Gasteiger charge is 2.11. The molecule has 0 heterocycles. The summed E-state index contributed by atoms with van der Waals surface area (Å²) >= 11 is 0. The molecule has 19 heavy (non-hydrogen) atoms. The molecule has 106 valence electrons. The summed E-state index contributed by atoms with van der Waals surface area (Å²) in [6, 6.07) is 3.13. The molecule has 0 aromatic heterocycles. The first-order valence-corrected chi connectivity index (χ1v) is 5.42. The van der Waals surface area contributed by atoms with Crippen LogP contribution in [0.25, 0.3) is 0 Å². The number of hydrogen-bond acceptors (Lipinski definition) is 3. The normalized spacial score (nSPS) is 11.3. The fourth-order valence-corrected chi connectivity index (χ4v) is 1.44. The standard InChI is InChI=1S/C12H15FN2O3.ClH/c1-7(14)12(18)15-6-9-4-10(13)3-2-8(9)5-11(16)17;/h2-4,7H,5-6,14H2,1H3,(H,15,18)(H,16,17);1H/t7-;/m0./s1. The van der Waals surface area contributed by atoms with E-state index in [2.05, 4.69) is 5.32 Å². The molecule has 1 amide bonds. The van der Waals surface area contributed by atoms with E-state index >= 15 is 0 Å². The summed E-state index contributed by atoms with van der Waals surface area (Å²) in [6.45, 7) is 1.58.